The Labute approximate surface area is 184 Å². The molecule has 0 atom stereocenters. The standard InChI is InChI=1S/C22H16Cl2N2O3S/c23-16-11-12-18(19(24)13-16)20-26-22(30(27,28)17-9-5-2-6-10-17)21(29-20)25-14-15-7-3-1-4-8-15/h1-13,25H,14H2. The van der Waals surface area contributed by atoms with Gasteiger partial charge in [-0.2, -0.15) is 4.98 Å². The summed E-state index contributed by atoms with van der Waals surface area (Å²) in [5, 5.41) is 3.61. The summed E-state index contributed by atoms with van der Waals surface area (Å²) in [6.45, 7) is 0.362. The lowest BCUT2D eigenvalue weighted by atomic mass is 10.2. The summed E-state index contributed by atoms with van der Waals surface area (Å²) in [4.78, 5) is 4.41. The van der Waals surface area contributed by atoms with E-state index in [0.29, 0.717) is 22.2 Å². The van der Waals surface area contributed by atoms with E-state index in [1.807, 2.05) is 30.3 Å². The Hall–Kier alpha value is -2.80. The molecular weight excluding hydrogens is 443 g/mol. The summed E-state index contributed by atoms with van der Waals surface area (Å²) in [5.74, 6) is 0.130. The molecule has 5 nitrogen and oxygen atoms in total. The van der Waals surface area contributed by atoms with Crippen molar-refractivity contribution in [3.63, 3.8) is 0 Å². The van der Waals surface area contributed by atoms with E-state index in [9.17, 15) is 8.42 Å². The van der Waals surface area contributed by atoms with Gasteiger partial charge in [0.1, 0.15) is 0 Å². The molecular formula is C22H16Cl2N2O3S. The van der Waals surface area contributed by atoms with Crippen molar-refractivity contribution in [1.29, 1.82) is 0 Å². The normalized spacial score (nSPS) is 11.4. The van der Waals surface area contributed by atoms with Crippen LogP contribution in [0.4, 0.5) is 5.88 Å². The number of anilines is 1. The van der Waals surface area contributed by atoms with Crippen molar-refractivity contribution in [2.24, 2.45) is 0 Å². The second-order valence-electron chi connectivity index (χ2n) is 6.43. The zero-order valence-corrected chi connectivity index (χ0v) is 17.9. The molecule has 0 unspecified atom stereocenters. The smallest absolute Gasteiger partial charge is 0.234 e. The van der Waals surface area contributed by atoms with E-state index >= 15 is 0 Å². The van der Waals surface area contributed by atoms with Crippen LogP contribution in [0.2, 0.25) is 10.0 Å². The quantitative estimate of drug-likeness (QED) is 0.378. The number of benzene rings is 3. The molecule has 4 rings (SSSR count). The Kier molecular flexibility index (Phi) is 5.81. The van der Waals surface area contributed by atoms with Crippen molar-refractivity contribution in [2.75, 3.05) is 5.32 Å². The fraction of sp³-hybridized carbons (Fsp3) is 0.0455. The lowest BCUT2D eigenvalue weighted by Gasteiger charge is -2.06. The highest BCUT2D eigenvalue weighted by Gasteiger charge is 2.29. The number of hydrogen-bond acceptors (Lipinski definition) is 5. The molecule has 0 spiro atoms. The van der Waals surface area contributed by atoms with E-state index in [2.05, 4.69) is 10.3 Å². The molecule has 1 N–H and O–H groups in total. The third-order valence-electron chi connectivity index (χ3n) is 4.36. The molecule has 0 aliphatic rings. The number of nitrogens with zero attached hydrogens (tertiary/aromatic N) is 1. The minimum Gasteiger partial charge on any atom is -0.419 e. The predicted octanol–water partition coefficient (Wildman–Crippen LogP) is 6.09. The van der Waals surface area contributed by atoms with Gasteiger partial charge in [-0.15, -0.1) is 0 Å². The van der Waals surface area contributed by atoms with Crippen LogP contribution in [0.5, 0.6) is 0 Å². The topological polar surface area (TPSA) is 72.2 Å². The number of oxazole rings is 1. The van der Waals surface area contributed by atoms with Gasteiger partial charge in [-0.1, -0.05) is 71.7 Å². The SMILES string of the molecule is O=S(=O)(c1ccccc1)c1nc(-c2ccc(Cl)cc2Cl)oc1NCc1ccccc1. The predicted molar refractivity (Wildman–Crippen MR) is 118 cm³/mol. The number of halogens is 2. The molecule has 0 saturated heterocycles. The van der Waals surface area contributed by atoms with Gasteiger partial charge in [0.15, 0.2) is 0 Å². The van der Waals surface area contributed by atoms with Gasteiger partial charge in [-0.3, -0.25) is 0 Å². The first kappa shape index (κ1) is 20.5. The Morgan fingerprint density at radius 3 is 2.23 bits per heavy atom. The lowest BCUT2D eigenvalue weighted by Crippen LogP contribution is -2.07. The fourth-order valence-corrected chi connectivity index (χ4v) is 4.66. The molecule has 152 valence electrons. The van der Waals surface area contributed by atoms with Crippen molar-refractivity contribution < 1.29 is 12.8 Å². The third-order valence-corrected chi connectivity index (χ3v) is 6.59. The zero-order chi connectivity index (χ0) is 21.1. The van der Waals surface area contributed by atoms with Crippen molar-refractivity contribution >= 4 is 38.9 Å². The maximum atomic E-state index is 13.2. The largest absolute Gasteiger partial charge is 0.419 e. The Morgan fingerprint density at radius 2 is 1.57 bits per heavy atom. The zero-order valence-electron chi connectivity index (χ0n) is 15.5. The average molecular weight is 459 g/mol. The summed E-state index contributed by atoms with van der Waals surface area (Å²) in [5.41, 5.74) is 1.40. The maximum absolute atomic E-state index is 13.2. The summed E-state index contributed by atoms with van der Waals surface area (Å²) < 4.78 is 32.3. The van der Waals surface area contributed by atoms with Crippen LogP contribution in [-0.4, -0.2) is 13.4 Å². The molecule has 0 saturated carbocycles. The first-order valence-electron chi connectivity index (χ1n) is 8.99. The van der Waals surface area contributed by atoms with Gasteiger partial charge in [0, 0.05) is 11.6 Å². The highest BCUT2D eigenvalue weighted by atomic mass is 35.5. The van der Waals surface area contributed by atoms with Gasteiger partial charge in [0.2, 0.25) is 26.6 Å². The Balaban J connectivity index is 1.79. The summed E-state index contributed by atoms with van der Waals surface area (Å²) in [6, 6.07) is 22.4. The monoisotopic (exact) mass is 458 g/mol. The van der Waals surface area contributed by atoms with Crippen LogP contribution in [0.25, 0.3) is 11.5 Å². The fourth-order valence-electron chi connectivity index (χ4n) is 2.87. The number of rotatable bonds is 6. The number of nitrogens with one attached hydrogen (secondary N) is 1. The summed E-state index contributed by atoms with van der Waals surface area (Å²) in [6.07, 6.45) is 0. The summed E-state index contributed by atoms with van der Waals surface area (Å²) >= 11 is 12.2. The molecule has 8 heteroatoms. The second-order valence-corrected chi connectivity index (χ2v) is 9.14. The molecule has 1 aromatic heterocycles. The van der Waals surface area contributed by atoms with E-state index in [1.165, 1.54) is 12.1 Å². The molecule has 0 radical (unpaired) electrons. The molecule has 1 heterocycles. The molecule has 0 aliphatic heterocycles. The van der Waals surface area contributed by atoms with Crippen LogP contribution in [-0.2, 0) is 16.4 Å². The minimum atomic E-state index is -3.92. The van der Waals surface area contributed by atoms with Crippen molar-refractivity contribution in [3.05, 3.63) is 94.5 Å². The van der Waals surface area contributed by atoms with Gasteiger partial charge in [-0.05, 0) is 35.9 Å². The molecule has 0 bridgehead atoms. The first-order valence-corrected chi connectivity index (χ1v) is 11.2. The highest BCUT2D eigenvalue weighted by molar-refractivity contribution is 7.91. The maximum Gasteiger partial charge on any atom is 0.234 e. The first-order chi connectivity index (χ1) is 14.4. The molecule has 4 aromatic rings. The number of sulfone groups is 1. The third kappa shape index (κ3) is 4.21. The number of aromatic nitrogens is 1. The van der Waals surface area contributed by atoms with Crippen LogP contribution in [0.15, 0.2) is 93.2 Å². The van der Waals surface area contributed by atoms with E-state index < -0.39 is 9.84 Å². The van der Waals surface area contributed by atoms with E-state index in [1.54, 1.807) is 36.4 Å². The van der Waals surface area contributed by atoms with Crippen molar-refractivity contribution in [1.82, 2.24) is 4.98 Å². The average Bonchev–Trinajstić information content (AvgIpc) is 3.18. The highest BCUT2D eigenvalue weighted by Crippen LogP contribution is 2.36. The molecule has 0 amide bonds. The molecule has 3 aromatic carbocycles. The van der Waals surface area contributed by atoms with Crippen LogP contribution in [0.1, 0.15) is 5.56 Å². The van der Waals surface area contributed by atoms with E-state index in [0.717, 1.165) is 5.56 Å². The number of hydrogen-bond donors (Lipinski definition) is 1. The van der Waals surface area contributed by atoms with Gasteiger partial charge < -0.3 is 9.73 Å². The molecule has 0 aliphatic carbocycles. The van der Waals surface area contributed by atoms with Crippen molar-refractivity contribution in [3.8, 4) is 11.5 Å². The molecule has 30 heavy (non-hydrogen) atoms. The van der Waals surface area contributed by atoms with E-state index in [4.69, 9.17) is 27.6 Å². The van der Waals surface area contributed by atoms with Gasteiger partial charge in [0.25, 0.3) is 0 Å². The van der Waals surface area contributed by atoms with E-state index in [-0.39, 0.29) is 21.7 Å². The summed E-state index contributed by atoms with van der Waals surface area (Å²) in [7, 11) is -3.92. The van der Waals surface area contributed by atoms with Crippen LogP contribution >= 0.6 is 23.2 Å². The second kappa shape index (κ2) is 8.52. The molecule has 0 fully saturated rings. The Morgan fingerprint density at radius 1 is 0.900 bits per heavy atom. The Bertz CT molecular complexity index is 1270. The van der Waals surface area contributed by atoms with Crippen LogP contribution in [0, 0.1) is 0 Å². The lowest BCUT2D eigenvalue weighted by molar-refractivity contribution is 0.577. The van der Waals surface area contributed by atoms with Crippen LogP contribution < -0.4 is 5.32 Å². The minimum absolute atomic E-state index is 0.0451. The van der Waals surface area contributed by atoms with Crippen LogP contribution in [0.3, 0.4) is 0 Å². The van der Waals surface area contributed by atoms with Gasteiger partial charge in [-0.25, -0.2) is 8.42 Å². The van der Waals surface area contributed by atoms with Gasteiger partial charge >= 0.3 is 0 Å². The van der Waals surface area contributed by atoms with Gasteiger partial charge in [0.05, 0.1) is 15.5 Å². The van der Waals surface area contributed by atoms with Crippen molar-refractivity contribution in [2.45, 2.75) is 16.5 Å².